The lowest BCUT2D eigenvalue weighted by Crippen LogP contribution is -2.10. The highest BCUT2D eigenvalue weighted by Crippen LogP contribution is 2.51. The minimum atomic E-state index is 0.0900. The molecule has 9 rings (SSSR count). The van der Waals surface area contributed by atoms with E-state index in [2.05, 4.69) is 121 Å². The Bertz CT molecular complexity index is 2340. The monoisotopic (exact) mass is 460 g/mol. The van der Waals surface area contributed by atoms with Crippen molar-refractivity contribution in [3.63, 3.8) is 0 Å². The van der Waals surface area contributed by atoms with Gasteiger partial charge in [-0.15, -0.1) is 0 Å². The number of benzene rings is 5. The summed E-state index contributed by atoms with van der Waals surface area (Å²) in [6.45, 7) is 6.91. The van der Waals surface area contributed by atoms with Gasteiger partial charge in [0.2, 0.25) is 0 Å². The van der Waals surface area contributed by atoms with Gasteiger partial charge in [0.05, 0.1) is 33.1 Å². The van der Waals surface area contributed by atoms with Crippen LogP contribution in [0.4, 0.5) is 0 Å². The lowest BCUT2D eigenvalue weighted by atomic mass is 9.86. The summed E-state index contributed by atoms with van der Waals surface area (Å²) >= 11 is 0. The van der Waals surface area contributed by atoms with Gasteiger partial charge < -0.3 is 8.80 Å². The Labute approximate surface area is 207 Å². The van der Waals surface area contributed by atoms with Gasteiger partial charge in [0.1, 0.15) is 0 Å². The molecule has 2 heteroatoms. The van der Waals surface area contributed by atoms with Gasteiger partial charge in [-0.2, -0.15) is 0 Å². The van der Waals surface area contributed by atoms with Crippen LogP contribution >= 0.6 is 0 Å². The molecule has 4 aromatic heterocycles. The first-order chi connectivity index (χ1) is 17.5. The van der Waals surface area contributed by atoms with Crippen molar-refractivity contribution in [2.75, 3.05) is 0 Å². The van der Waals surface area contributed by atoms with Gasteiger partial charge in [-0.3, -0.25) is 0 Å². The van der Waals surface area contributed by atoms with E-state index in [1.54, 1.807) is 0 Å². The first-order valence-electron chi connectivity index (χ1n) is 12.8. The SMILES string of the molecule is CC(C)(C)c1ccc2c3c4c5ccccc5n5c6ccccc6c(c6c7ccccc7n(c2c1)c63)c45. The maximum Gasteiger partial charge on any atom is 0.0634 e. The van der Waals surface area contributed by atoms with Crippen LogP contribution < -0.4 is 0 Å². The standard InChI is InChI=1S/C34H24N2/c1-34(2,3)19-16-17-23-27(18-19)36-26-15-9-6-12-22(26)29-28-20-10-4-7-13-24(20)35-25-14-8-5-11-21(25)30(32(28)35)31(23)33(29)36/h4-18H,1-3H3. The largest absolute Gasteiger partial charge is 0.308 e. The van der Waals surface area contributed by atoms with Crippen LogP contribution in [0.5, 0.6) is 0 Å². The molecule has 0 radical (unpaired) electrons. The highest BCUT2D eigenvalue weighted by Gasteiger charge is 2.28. The second kappa shape index (κ2) is 5.91. The highest BCUT2D eigenvalue weighted by atomic mass is 14.9. The van der Waals surface area contributed by atoms with Crippen LogP contribution in [0.2, 0.25) is 0 Å². The summed E-state index contributed by atoms with van der Waals surface area (Å²) in [5.74, 6) is 0. The van der Waals surface area contributed by atoms with Crippen LogP contribution in [0, 0.1) is 0 Å². The minimum absolute atomic E-state index is 0.0900. The third-order valence-electron chi connectivity index (χ3n) is 8.51. The molecule has 0 aliphatic carbocycles. The second-order valence-corrected chi connectivity index (χ2v) is 11.4. The Morgan fingerprint density at radius 2 is 0.833 bits per heavy atom. The van der Waals surface area contributed by atoms with Crippen molar-refractivity contribution in [2.24, 2.45) is 0 Å². The van der Waals surface area contributed by atoms with Gasteiger partial charge in [-0.25, -0.2) is 0 Å². The summed E-state index contributed by atoms with van der Waals surface area (Å²) in [7, 11) is 0. The quantitative estimate of drug-likeness (QED) is 0.213. The molecule has 0 bridgehead atoms. The molecule has 0 spiro atoms. The van der Waals surface area contributed by atoms with E-state index in [4.69, 9.17) is 0 Å². The molecule has 36 heavy (non-hydrogen) atoms. The van der Waals surface area contributed by atoms with Crippen LogP contribution in [0.15, 0.2) is 91.0 Å². The zero-order chi connectivity index (χ0) is 23.9. The first kappa shape index (κ1) is 19.0. The lowest BCUT2D eigenvalue weighted by Gasteiger charge is -2.19. The number of nitrogens with zero attached hydrogens (tertiary/aromatic N) is 2. The molecule has 0 fully saturated rings. The fourth-order valence-corrected chi connectivity index (χ4v) is 7.00. The van der Waals surface area contributed by atoms with Crippen molar-refractivity contribution in [2.45, 2.75) is 26.2 Å². The Morgan fingerprint density at radius 3 is 1.28 bits per heavy atom. The van der Waals surface area contributed by atoms with Crippen molar-refractivity contribution in [3.8, 4) is 0 Å². The average Bonchev–Trinajstić information content (AvgIpc) is 3.60. The van der Waals surface area contributed by atoms with E-state index in [0.29, 0.717) is 0 Å². The fraction of sp³-hybridized carbons (Fsp3) is 0.118. The Balaban J connectivity index is 1.74. The molecular weight excluding hydrogens is 436 g/mol. The summed E-state index contributed by atoms with van der Waals surface area (Å²) in [5.41, 5.74) is 9.37. The zero-order valence-electron chi connectivity index (χ0n) is 20.6. The smallest absolute Gasteiger partial charge is 0.0634 e. The molecule has 170 valence electrons. The Morgan fingerprint density at radius 1 is 0.444 bits per heavy atom. The van der Waals surface area contributed by atoms with Crippen LogP contribution in [0.1, 0.15) is 26.3 Å². The fourth-order valence-electron chi connectivity index (χ4n) is 7.00. The summed E-state index contributed by atoms with van der Waals surface area (Å²) in [5, 5.41) is 10.9. The predicted molar refractivity (Wildman–Crippen MR) is 154 cm³/mol. The van der Waals surface area contributed by atoms with E-state index in [0.717, 1.165) is 0 Å². The summed E-state index contributed by atoms with van der Waals surface area (Å²) in [4.78, 5) is 0. The van der Waals surface area contributed by atoms with E-state index in [1.807, 2.05) is 0 Å². The van der Waals surface area contributed by atoms with Crippen LogP contribution in [0.3, 0.4) is 0 Å². The number of fused-ring (bicyclic) bond motifs is 14. The molecule has 4 heterocycles. The van der Waals surface area contributed by atoms with Crippen molar-refractivity contribution in [1.29, 1.82) is 0 Å². The van der Waals surface area contributed by atoms with Gasteiger partial charge in [0.15, 0.2) is 0 Å². The summed E-state index contributed by atoms with van der Waals surface area (Å²) in [6.07, 6.45) is 0. The normalized spacial score (nSPS) is 13.4. The lowest BCUT2D eigenvalue weighted by molar-refractivity contribution is 0.591. The molecule has 0 aliphatic rings. The van der Waals surface area contributed by atoms with Crippen LogP contribution in [0.25, 0.3) is 76.2 Å². The summed E-state index contributed by atoms with van der Waals surface area (Å²) in [6, 6.07) is 34.0. The average molecular weight is 461 g/mol. The van der Waals surface area contributed by atoms with E-state index in [-0.39, 0.29) is 5.41 Å². The topological polar surface area (TPSA) is 8.82 Å². The Kier molecular flexibility index (Phi) is 3.11. The van der Waals surface area contributed by atoms with E-state index in [1.165, 1.54) is 81.8 Å². The number of hydrogen-bond donors (Lipinski definition) is 0. The van der Waals surface area contributed by atoms with Crippen molar-refractivity contribution in [1.82, 2.24) is 8.80 Å². The van der Waals surface area contributed by atoms with Crippen LogP contribution in [-0.4, -0.2) is 8.80 Å². The van der Waals surface area contributed by atoms with E-state index >= 15 is 0 Å². The van der Waals surface area contributed by atoms with Crippen LogP contribution in [-0.2, 0) is 5.41 Å². The van der Waals surface area contributed by atoms with Gasteiger partial charge >= 0.3 is 0 Å². The highest BCUT2D eigenvalue weighted by molar-refractivity contribution is 6.45. The Hall–Kier alpha value is -4.30. The van der Waals surface area contributed by atoms with E-state index in [9.17, 15) is 0 Å². The maximum atomic E-state index is 2.55. The third kappa shape index (κ3) is 1.96. The molecule has 2 nitrogen and oxygen atoms in total. The number of aromatic nitrogens is 2. The number of rotatable bonds is 0. The van der Waals surface area contributed by atoms with Crippen molar-refractivity contribution >= 4 is 76.2 Å². The van der Waals surface area contributed by atoms with Crippen molar-refractivity contribution in [3.05, 3.63) is 96.6 Å². The molecule has 5 aromatic carbocycles. The van der Waals surface area contributed by atoms with Crippen molar-refractivity contribution < 1.29 is 0 Å². The number of hydrogen-bond acceptors (Lipinski definition) is 0. The van der Waals surface area contributed by atoms with Gasteiger partial charge in [0, 0.05) is 43.1 Å². The molecule has 0 unspecified atom stereocenters. The van der Waals surface area contributed by atoms with Gasteiger partial charge in [0.25, 0.3) is 0 Å². The minimum Gasteiger partial charge on any atom is -0.308 e. The molecule has 0 saturated heterocycles. The molecule has 0 N–H and O–H groups in total. The first-order valence-corrected chi connectivity index (χ1v) is 12.8. The third-order valence-corrected chi connectivity index (χ3v) is 8.51. The zero-order valence-corrected chi connectivity index (χ0v) is 20.6. The molecule has 0 atom stereocenters. The molecule has 0 saturated carbocycles. The molecule has 9 aromatic rings. The van der Waals surface area contributed by atoms with Gasteiger partial charge in [-0.05, 0) is 35.2 Å². The molecule has 0 amide bonds. The van der Waals surface area contributed by atoms with Gasteiger partial charge in [-0.1, -0.05) is 87.5 Å². The summed E-state index contributed by atoms with van der Waals surface area (Å²) < 4.78 is 5.06. The molecular formula is C34H24N2. The van der Waals surface area contributed by atoms with E-state index < -0.39 is 0 Å². The molecule has 0 aliphatic heterocycles. The predicted octanol–water partition coefficient (Wildman–Crippen LogP) is 9.28. The number of para-hydroxylation sites is 3. The second-order valence-electron chi connectivity index (χ2n) is 11.4. The maximum absolute atomic E-state index is 2.55.